The van der Waals surface area contributed by atoms with Gasteiger partial charge in [0.15, 0.2) is 0 Å². The Kier molecular flexibility index (Phi) is 4.11. The number of carbonyl (C=O) groups is 1. The van der Waals surface area contributed by atoms with Gasteiger partial charge in [0, 0.05) is 5.56 Å². The first-order valence-corrected chi connectivity index (χ1v) is 10.2. The van der Waals surface area contributed by atoms with E-state index in [0.717, 1.165) is 32.7 Å². The van der Waals surface area contributed by atoms with Gasteiger partial charge in [-0.05, 0) is 25.5 Å². The van der Waals surface area contributed by atoms with Crippen molar-refractivity contribution in [2.75, 3.05) is 4.90 Å². The molecule has 7 nitrogen and oxygen atoms in total. The van der Waals surface area contributed by atoms with Gasteiger partial charge >= 0.3 is 0 Å². The third kappa shape index (κ3) is 2.76. The van der Waals surface area contributed by atoms with E-state index < -0.39 is 11.1 Å². The first kappa shape index (κ1) is 18.4. The van der Waals surface area contributed by atoms with E-state index in [0.29, 0.717) is 17.7 Å². The Hall–Kier alpha value is -3.65. The van der Waals surface area contributed by atoms with Crippen molar-refractivity contribution in [1.29, 1.82) is 0 Å². The van der Waals surface area contributed by atoms with Gasteiger partial charge in [-0.3, -0.25) is 14.4 Å². The van der Waals surface area contributed by atoms with E-state index in [9.17, 15) is 14.4 Å². The third-order valence-electron chi connectivity index (χ3n) is 5.13. The van der Waals surface area contributed by atoms with E-state index in [1.807, 2.05) is 55.5 Å². The van der Waals surface area contributed by atoms with Gasteiger partial charge in [0.2, 0.25) is 4.96 Å². The van der Waals surface area contributed by atoms with Gasteiger partial charge in [-0.2, -0.15) is 14.6 Å². The van der Waals surface area contributed by atoms with Crippen molar-refractivity contribution >= 4 is 33.5 Å². The monoisotopic (exact) mass is 416 g/mol. The minimum atomic E-state index is -0.480. The van der Waals surface area contributed by atoms with Gasteiger partial charge in [0.1, 0.15) is 10.2 Å². The van der Waals surface area contributed by atoms with E-state index in [2.05, 4.69) is 10.1 Å². The number of anilines is 1. The van der Waals surface area contributed by atoms with Gasteiger partial charge in [-0.1, -0.05) is 59.4 Å². The number of benzene rings is 2. The van der Waals surface area contributed by atoms with Crippen molar-refractivity contribution in [2.24, 2.45) is 0 Å². The maximum absolute atomic E-state index is 13.4. The molecule has 0 aliphatic carbocycles. The highest BCUT2D eigenvalue weighted by molar-refractivity contribution is 7.15. The Morgan fingerprint density at radius 3 is 2.47 bits per heavy atom. The predicted octanol–water partition coefficient (Wildman–Crippen LogP) is 1.59. The zero-order valence-electron chi connectivity index (χ0n) is 16.2. The minimum absolute atomic E-state index is 0.137. The largest absolute Gasteiger partial charge is 0.303 e. The molecular formula is C22H16N4O3S. The summed E-state index contributed by atoms with van der Waals surface area (Å²) < 4.78 is 1.34. The molecule has 2 aromatic heterocycles. The lowest BCUT2D eigenvalue weighted by atomic mass is 10.1. The smallest absolute Gasteiger partial charge is 0.295 e. The summed E-state index contributed by atoms with van der Waals surface area (Å²) in [6.07, 6.45) is 0. The highest BCUT2D eigenvalue weighted by Gasteiger charge is 2.34. The van der Waals surface area contributed by atoms with Crippen molar-refractivity contribution in [1.82, 2.24) is 14.6 Å². The first-order chi connectivity index (χ1) is 14.4. The van der Waals surface area contributed by atoms with Crippen molar-refractivity contribution in [3.05, 3.63) is 96.2 Å². The molecule has 1 amide bonds. The second kappa shape index (κ2) is 6.70. The molecule has 0 bridgehead atoms. The number of aryl methyl sites for hydroxylation is 2. The van der Waals surface area contributed by atoms with Crippen molar-refractivity contribution in [3.63, 3.8) is 0 Å². The molecule has 30 heavy (non-hydrogen) atoms. The molecule has 8 heteroatoms. The topological polar surface area (TPSA) is 84.6 Å². The van der Waals surface area contributed by atoms with Crippen LogP contribution < -0.4 is 20.6 Å². The summed E-state index contributed by atoms with van der Waals surface area (Å²) in [5, 5.41) is 4.04. The summed E-state index contributed by atoms with van der Waals surface area (Å²) in [6.45, 7) is 3.91. The van der Waals surface area contributed by atoms with Crippen LogP contribution in [-0.2, 0) is 11.3 Å². The Morgan fingerprint density at radius 2 is 1.70 bits per heavy atom. The van der Waals surface area contributed by atoms with Gasteiger partial charge in [-0.15, -0.1) is 0 Å². The molecule has 0 N–H and O–H groups in total. The lowest BCUT2D eigenvalue weighted by Crippen LogP contribution is -2.33. The summed E-state index contributed by atoms with van der Waals surface area (Å²) in [6, 6.07) is 15.4. The number of para-hydroxylation sites is 1. The van der Waals surface area contributed by atoms with Crippen LogP contribution >= 0.6 is 11.3 Å². The Balaban J connectivity index is 1.74. The molecule has 1 aliphatic rings. The molecule has 0 saturated carbocycles. The van der Waals surface area contributed by atoms with Crippen molar-refractivity contribution in [2.45, 2.75) is 20.4 Å². The average Bonchev–Trinajstić information content (AvgIpc) is 3.18. The lowest BCUT2D eigenvalue weighted by molar-refractivity contribution is -0.113. The zero-order chi connectivity index (χ0) is 21.0. The van der Waals surface area contributed by atoms with E-state index in [1.165, 1.54) is 6.92 Å². The SMILES string of the molecule is Cc1ccc(CN2C(=O)/C(=c3\sc4nc(=O)c(C)nn4c3=O)c3ccccc32)cc1. The van der Waals surface area contributed by atoms with Crippen LogP contribution in [0.3, 0.4) is 0 Å². The second-order valence-corrected chi connectivity index (χ2v) is 8.18. The van der Waals surface area contributed by atoms with Gasteiger partial charge in [0.25, 0.3) is 17.0 Å². The Morgan fingerprint density at radius 1 is 0.967 bits per heavy atom. The number of nitrogens with zero attached hydrogens (tertiary/aromatic N) is 4. The van der Waals surface area contributed by atoms with Crippen LogP contribution in [0.1, 0.15) is 22.4 Å². The number of rotatable bonds is 2. The predicted molar refractivity (Wildman–Crippen MR) is 115 cm³/mol. The average molecular weight is 416 g/mol. The molecule has 148 valence electrons. The highest BCUT2D eigenvalue weighted by Crippen LogP contribution is 2.36. The normalized spacial score (nSPS) is 15.1. The van der Waals surface area contributed by atoms with E-state index in [4.69, 9.17) is 0 Å². The number of amides is 1. The summed E-state index contributed by atoms with van der Waals surface area (Å²) in [4.78, 5) is 44.1. The molecule has 3 heterocycles. The molecule has 4 aromatic rings. The molecule has 0 saturated heterocycles. The number of carbonyl (C=O) groups excluding carboxylic acids is 1. The fourth-order valence-corrected chi connectivity index (χ4v) is 4.56. The fraction of sp³-hybridized carbons (Fsp3) is 0.136. The molecule has 0 fully saturated rings. The molecule has 0 atom stereocenters. The summed E-state index contributed by atoms with van der Waals surface area (Å²) in [7, 11) is 0. The molecule has 5 rings (SSSR count). The lowest BCUT2D eigenvalue weighted by Gasteiger charge is -2.17. The standard InChI is InChI=1S/C22H16N4O3S/c1-12-7-9-14(10-8-12)11-25-16-6-4-3-5-15(16)17(20(25)28)18-21(29)26-22(30-18)23-19(27)13(2)24-26/h3-10H,11H2,1-2H3/b18-17-. The minimum Gasteiger partial charge on any atom is -0.303 e. The van der Waals surface area contributed by atoms with Crippen LogP contribution in [0.4, 0.5) is 5.69 Å². The Labute approximate surface area is 174 Å². The zero-order valence-corrected chi connectivity index (χ0v) is 17.1. The number of thiazole rings is 1. The van der Waals surface area contributed by atoms with Crippen molar-refractivity contribution in [3.8, 4) is 0 Å². The van der Waals surface area contributed by atoms with Crippen LogP contribution in [-0.4, -0.2) is 20.5 Å². The maximum Gasteiger partial charge on any atom is 0.295 e. The quantitative estimate of drug-likeness (QED) is 0.496. The van der Waals surface area contributed by atoms with Crippen LogP contribution in [0.5, 0.6) is 0 Å². The maximum atomic E-state index is 13.4. The summed E-state index contributed by atoms with van der Waals surface area (Å²) in [5.74, 6) is -0.250. The number of hydrogen-bond acceptors (Lipinski definition) is 6. The summed E-state index contributed by atoms with van der Waals surface area (Å²) >= 11 is 1.01. The number of hydrogen-bond donors (Lipinski definition) is 0. The summed E-state index contributed by atoms with van der Waals surface area (Å²) in [5.41, 5.74) is 3.12. The van der Waals surface area contributed by atoms with Crippen molar-refractivity contribution < 1.29 is 4.79 Å². The third-order valence-corrected chi connectivity index (χ3v) is 6.16. The molecule has 0 spiro atoms. The fourth-order valence-electron chi connectivity index (χ4n) is 3.57. The van der Waals surface area contributed by atoms with Gasteiger partial charge in [-0.25, -0.2) is 0 Å². The van der Waals surface area contributed by atoms with Gasteiger partial charge < -0.3 is 4.90 Å². The van der Waals surface area contributed by atoms with E-state index in [-0.39, 0.29) is 21.1 Å². The van der Waals surface area contributed by atoms with Crippen LogP contribution in [0.15, 0.2) is 58.1 Å². The van der Waals surface area contributed by atoms with Crippen LogP contribution in [0.25, 0.3) is 10.5 Å². The van der Waals surface area contributed by atoms with E-state index in [1.54, 1.807) is 4.90 Å². The molecule has 0 unspecified atom stereocenters. The van der Waals surface area contributed by atoms with Gasteiger partial charge in [0.05, 0.1) is 17.8 Å². The molecule has 1 aliphatic heterocycles. The second-order valence-electron chi connectivity index (χ2n) is 7.20. The molecular weight excluding hydrogens is 400 g/mol. The number of fused-ring (bicyclic) bond motifs is 2. The molecule has 2 aromatic carbocycles. The highest BCUT2D eigenvalue weighted by atomic mass is 32.1. The molecule has 0 radical (unpaired) electrons. The Bertz CT molecular complexity index is 1500. The van der Waals surface area contributed by atoms with Crippen LogP contribution in [0.2, 0.25) is 0 Å². The van der Waals surface area contributed by atoms with E-state index >= 15 is 0 Å². The van der Waals surface area contributed by atoms with Crippen LogP contribution in [0, 0.1) is 13.8 Å². The number of aromatic nitrogens is 3. The first-order valence-electron chi connectivity index (χ1n) is 9.35.